The fraction of sp³-hybridized carbons (Fsp3) is 0.444. The highest BCUT2D eigenvalue weighted by Gasteiger charge is 2.29. The van der Waals surface area contributed by atoms with Crippen LogP contribution < -0.4 is 15.0 Å². The van der Waals surface area contributed by atoms with E-state index >= 15 is 0 Å². The number of fused-ring (bicyclic) bond motifs is 3. The zero-order chi connectivity index (χ0) is 27.0. The van der Waals surface area contributed by atoms with Gasteiger partial charge in [0.1, 0.15) is 17.4 Å². The van der Waals surface area contributed by atoms with Crippen molar-refractivity contribution in [3.63, 3.8) is 0 Å². The van der Waals surface area contributed by atoms with Gasteiger partial charge >= 0.3 is 6.18 Å². The Morgan fingerprint density at radius 2 is 1.84 bits per heavy atom. The Hall–Kier alpha value is -3.60. The smallest absolute Gasteiger partial charge is 0.422 e. The minimum atomic E-state index is -4.43. The van der Waals surface area contributed by atoms with Crippen molar-refractivity contribution in [3.8, 4) is 5.75 Å². The SMILES string of the molecule is COC1CCN(c2nccc(Nc3cc4c(cn3)c3c(OCC(F)(F)F)cc(C)cc3n4C(C)C)n2)CC1. The molecule has 0 amide bonds. The lowest BCUT2D eigenvalue weighted by atomic mass is 10.1. The summed E-state index contributed by atoms with van der Waals surface area (Å²) in [5.74, 6) is 2.01. The van der Waals surface area contributed by atoms with Crippen LogP contribution in [0.1, 0.15) is 38.3 Å². The molecule has 11 heteroatoms. The van der Waals surface area contributed by atoms with Gasteiger partial charge in [-0.05, 0) is 57.4 Å². The monoisotopic (exact) mass is 528 g/mol. The van der Waals surface area contributed by atoms with Crippen molar-refractivity contribution in [2.45, 2.75) is 51.9 Å². The van der Waals surface area contributed by atoms with Gasteiger partial charge in [0.05, 0.1) is 22.5 Å². The minimum Gasteiger partial charge on any atom is -0.483 e. The molecule has 0 bridgehead atoms. The van der Waals surface area contributed by atoms with Gasteiger partial charge in [0.25, 0.3) is 0 Å². The molecule has 202 valence electrons. The van der Waals surface area contributed by atoms with Crippen LogP contribution in [0, 0.1) is 6.92 Å². The molecule has 4 heterocycles. The maximum atomic E-state index is 13.0. The maximum Gasteiger partial charge on any atom is 0.422 e. The van der Waals surface area contributed by atoms with Crippen LogP contribution in [-0.2, 0) is 4.74 Å². The number of halogens is 3. The van der Waals surface area contributed by atoms with Crippen LogP contribution in [0.5, 0.6) is 5.75 Å². The van der Waals surface area contributed by atoms with Crippen LogP contribution in [0.2, 0.25) is 0 Å². The Morgan fingerprint density at radius 3 is 2.53 bits per heavy atom. The summed E-state index contributed by atoms with van der Waals surface area (Å²) in [5.41, 5.74) is 2.45. The molecule has 5 rings (SSSR count). The number of hydrogen-bond donors (Lipinski definition) is 1. The number of hydrogen-bond acceptors (Lipinski definition) is 7. The van der Waals surface area contributed by atoms with Gasteiger partial charge in [-0.25, -0.2) is 9.97 Å². The Morgan fingerprint density at radius 1 is 1.08 bits per heavy atom. The minimum absolute atomic E-state index is 0.0446. The highest BCUT2D eigenvalue weighted by molar-refractivity contribution is 6.11. The Balaban J connectivity index is 1.50. The van der Waals surface area contributed by atoms with E-state index in [4.69, 9.17) is 9.47 Å². The Bertz CT molecular complexity index is 1440. The second-order valence-corrected chi connectivity index (χ2v) is 9.90. The molecule has 1 N–H and O–H groups in total. The number of nitrogens with zero attached hydrogens (tertiary/aromatic N) is 5. The third-order valence-corrected chi connectivity index (χ3v) is 6.76. The van der Waals surface area contributed by atoms with Crippen molar-refractivity contribution in [1.29, 1.82) is 0 Å². The van der Waals surface area contributed by atoms with Crippen molar-refractivity contribution in [3.05, 3.63) is 42.2 Å². The van der Waals surface area contributed by atoms with Gasteiger partial charge in [0.2, 0.25) is 5.95 Å². The van der Waals surface area contributed by atoms with Crippen LogP contribution in [0.15, 0.2) is 36.7 Å². The predicted molar refractivity (Wildman–Crippen MR) is 141 cm³/mol. The van der Waals surface area contributed by atoms with Crippen LogP contribution >= 0.6 is 0 Å². The summed E-state index contributed by atoms with van der Waals surface area (Å²) in [5, 5.41) is 4.61. The van der Waals surface area contributed by atoms with Gasteiger partial charge in [-0.2, -0.15) is 18.2 Å². The van der Waals surface area contributed by atoms with E-state index < -0.39 is 12.8 Å². The second kappa shape index (κ2) is 10.3. The highest BCUT2D eigenvalue weighted by atomic mass is 19.4. The number of ether oxygens (including phenoxy) is 2. The molecule has 1 aliphatic rings. The normalized spacial score (nSPS) is 15.1. The van der Waals surface area contributed by atoms with Gasteiger partial charge in [0, 0.05) is 50.1 Å². The van der Waals surface area contributed by atoms with Gasteiger partial charge in [0.15, 0.2) is 6.61 Å². The van der Waals surface area contributed by atoms with Crippen molar-refractivity contribution in [2.24, 2.45) is 0 Å². The number of aromatic nitrogens is 4. The summed E-state index contributed by atoms with van der Waals surface area (Å²) in [6.07, 6.45) is 1.06. The molecule has 38 heavy (non-hydrogen) atoms. The quantitative estimate of drug-likeness (QED) is 0.307. The molecule has 0 atom stereocenters. The first-order valence-electron chi connectivity index (χ1n) is 12.6. The molecule has 1 aliphatic heterocycles. The molecule has 1 saturated heterocycles. The first kappa shape index (κ1) is 26.0. The molecule has 4 aromatic rings. The molecule has 0 aliphatic carbocycles. The largest absolute Gasteiger partial charge is 0.483 e. The Labute approximate surface area is 218 Å². The molecular formula is C27H31F3N6O2. The summed E-state index contributed by atoms with van der Waals surface area (Å²) in [7, 11) is 1.74. The molecule has 0 spiro atoms. The third-order valence-electron chi connectivity index (χ3n) is 6.76. The summed E-state index contributed by atoms with van der Waals surface area (Å²) in [6.45, 7) is 6.20. The van der Waals surface area contributed by atoms with Crippen LogP contribution in [0.25, 0.3) is 21.8 Å². The van der Waals surface area contributed by atoms with Crippen molar-refractivity contribution in [1.82, 2.24) is 19.5 Å². The van der Waals surface area contributed by atoms with E-state index in [-0.39, 0.29) is 17.9 Å². The first-order chi connectivity index (χ1) is 18.1. The van der Waals surface area contributed by atoms with Crippen LogP contribution in [0.3, 0.4) is 0 Å². The maximum absolute atomic E-state index is 13.0. The zero-order valence-corrected chi connectivity index (χ0v) is 21.8. The summed E-state index contributed by atoms with van der Waals surface area (Å²) < 4.78 is 51.7. The van der Waals surface area contributed by atoms with Crippen molar-refractivity contribution in [2.75, 3.05) is 37.0 Å². The summed E-state index contributed by atoms with van der Waals surface area (Å²) in [6, 6.07) is 7.32. The summed E-state index contributed by atoms with van der Waals surface area (Å²) in [4.78, 5) is 15.8. The fourth-order valence-corrected chi connectivity index (χ4v) is 5.05. The summed E-state index contributed by atoms with van der Waals surface area (Å²) >= 11 is 0. The molecule has 1 fully saturated rings. The number of rotatable bonds is 7. The van der Waals surface area contributed by atoms with E-state index in [1.165, 1.54) is 0 Å². The lowest BCUT2D eigenvalue weighted by molar-refractivity contribution is -0.153. The van der Waals surface area contributed by atoms with Gasteiger partial charge in [-0.15, -0.1) is 0 Å². The number of methoxy groups -OCH3 is 1. The van der Waals surface area contributed by atoms with Gasteiger partial charge in [-0.1, -0.05) is 0 Å². The van der Waals surface area contributed by atoms with Gasteiger partial charge < -0.3 is 24.3 Å². The van der Waals surface area contributed by atoms with E-state index in [0.29, 0.717) is 23.0 Å². The second-order valence-electron chi connectivity index (χ2n) is 9.90. The van der Waals surface area contributed by atoms with Crippen molar-refractivity contribution >= 4 is 39.4 Å². The predicted octanol–water partition coefficient (Wildman–Crippen LogP) is 6.17. The number of alkyl halides is 3. The van der Waals surface area contributed by atoms with E-state index in [9.17, 15) is 13.2 Å². The van der Waals surface area contributed by atoms with E-state index in [1.54, 1.807) is 31.6 Å². The number of nitrogens with one attached hydrogen (secondary N) is 1. The van der Waals surface area contributed by atoms with Crippen molar-refractivity contribution < 1.29 is 22.6 Å². The molecule has 3 aromatic heterocycles. The lowest BCUT2D eigenvalue weighted by Crippen LogP contribution is -2.37. The fourth-order valence-electron chi connectivity index (χ4n) is 5.05. The Kier molecular flexibility index (Phi) is 7.04. The number of aryl methyl sites for hydroxylation is 1. The van der Waals surface area contributed by atoms with Crippen LogP contribution in [0.4, 0.5) is 30.8 Å². The lowest BCUT2D eigenvalue weighted by Gasteiger charge is -2.31. The van der Waals surface area contributed by atoms with Gasteiger partial charge in [-0.3, -0.25) is 0 Å². The molecule has 0 unspecified atom stereocenters. The molecule has 0 radical (unpaired) electrons. The number of pyridine rings is 1. The highest BCUT2D eigenvalue weighted by Crippen LogP contribution is 2.39. The van der Waals surface area contributed by atoms with E-state index in [1.807, 2.05) is 32.9 Å². The molecule has 1 aromatic carbocycles. The number of benzene rings is 1. The first-order valence-corrected chi connectivity index (χ1v) is 12.6. The van der Waals surface area contributed by atoms with Crippen LogP contribution in [-0.4, -0.2) is 58.6 Å². The molecule has 0 saturated carbocycles. The number of anilines is 3. The average Bonchev–Trinajstić information content (AvgIpc) is 3.20. The van der Waals surface area contributed by atoms with E-state index in [2.05, 4.69) is 29.7 Å². The molecule has 8 nitrogen and oxygen atoms in total. The molecular weight excluding hydrogens is 497 g/mol. The van der Waals surface area contributed by atoms with E-state index in [0.717, 1.165) is 47.9 Å². The third kappa shape index (κ3) is 5.33. The zero-order valence-electron chi connectivity index (χ0n) is 21.8. The standard InChI is InChI=1S/C27H31F3N6O2/c1-16(2)36-20-13-24(33-23-5-8-31-26(34-23)35-9-6-18(37-4)7-10-35)32-14-19(20)25-21(36)11-17(3)12-22(25)38-15-27(28,29)30/h5,8,11-14,16,18H,6-7,9-10,15H2,1-4H3,(H,31,32,33,34). The average molecular weight is 529 g/mol. The topological polar surface area (TPSA) is 77.3 Å². The number of piperidine rings is 1.